The van der Waals surface area contributed by atoms with E-state index < -0.39 is 6.23 Å². The predicted molar refractivity (Wildman–Crippen MR) is 141 cm³/mol. The molecule has 0 saturated heterocycles. The fraction of sp³-hybridized carbons (Fsp3) is 0.370. The lowest BCUT2D eigenvalue weighted by molar-refractivity contribution is 0.00516. The number of thiophene rings is 2. The highest BCUT2D eigenvalue weighted by Gasteiger charge is 2.43. The quantitative estimate of drug-likeness (QED) is 0.236. The second kappa shape index (κ2) is 8.40. The Bertz CT molecular complexity index is 1530. The molecular formula is C27H26N2O4S2. The molecule has 0 fully saturated rings. The molecule has 3 amide bonds. The van der Waals surface area contributed by atoms with E-state index in [4.69, 9.17) is 0 Å². The Morgan fingerprint density at radius 1 is 0.800 bits per heavy atom. The number of carbonyl (C=O) groups is 3. The van der Waals surface area contributed by atoms with Gasteiger partial charge in [-0.25, -0.2) is 0 Å². The van der Waals surface area contributed by atoms with Gasteiger partial charge >= 0.3 is 0 Å². The fourth-order valence-corrected chi connectivity index (χ4v) is 7.62. The number of aliphatic hydroxyl groups excluding tert-OH is 1. The number of benzene rings is 2. The minimum Gasteiger partial charge on any atom is -0.369 e. The highest BCUT2D eigenvalue weighted by molar-refractivity contribution is 7.18. The van der Waals surface area contributed by atoms with Crippen molar-refractivity contribution in [2.75, 3.05) is 13.6 Å². The van der Waals surface area contributed by atoms with Crippen molar-refractivity contribution in [1.82, 2.24) is 9.80 Å². The van der Waals surface area contributed by atoms with Crippen molar-refractivity contribution in [2.45, 2.75) is 51.7 Å². The van der Waals surface area contributed by atoms with Gasteiger partial charge in [0.05, 0.1) is 16.7 Å². The summed E-state index contributed by atoms with van der Waals surface area (Å²) in [6, 6.07) is 3.77. The molecule has 2 aromatic carbocycles. The molecule has 4 aromatic rings. The number of imide groups is 1. The van der Waals surface area contributed by atoms with E-state index in [1.165, 1.54) is 53.9 Å². The average molecular weight is 507 g/mol. The van der Waals surface area contributed by atoms with Crippen molar-refractivity contribution < 1.29 is 19.5 Å². The van der Waals surface area contributed by atoms with Crippen LogP contribution in [0.4, 0.5) is 0 Å². The lowest BCUT2D eigenvalue weighted by atomic mass is 9.82. The molecule has 1 atom stereocenters. The first-order valence-electron chi connectivity index (χ1n) is 12.2. The average Bonchev–Trinajstić information content (AvgIpc) is 3.52. The van der Waals surface area contributed by atoms with Gasteiger partial charge in [0.2, 0.25) is 0 Å². The molecule has 4 heterocycles. The highest BCUT2D eigenvalue weighted by atomic mass is 32.1. The molecule has 180 valence electrons. The molecule has 1 unspecified atom stereocenters. The zero-order valence-corrected chi connectivity index (χ0v) is 21.4. The van der Waals surface area contributed by atoms with E-state index >= 15 is 0 Å². The van der Waals surface area contributed by atoms with Crippen LogP contribution in [-0.4, -0.2) is 46.2 Å². The van der Waals surface area contributed by atoms with E-state index in [9.17, 15) is 19.5 Å². The third-order valence-electron chi connectivity index (χ3n) is 7.43. The van der Waals surface area contributed by atoms with Crippen LogP contribution >= 0.6 is 22.7 Å². The smallest absolute Gasteiger partial charge is 0.262 e. The van der Waals surface area contributed by atoms with Gasteiger partial charge in [0.25, 0.3) is 17.7 Å². The molecule has 0 bridgehead atoms. The van der Waals surface area contributed by atoms with Crippen LogP contribution in [0.5, 0.6) is 0 Å². The summed E-state index contributed by atoms with van der Waals surface area (Å²) in [6.45, 7) is 2.65. The molecule has 0 saturated carbocycles. The number of nitrogens with zero attached hydrogens (tertiary/aromatic N) is 2. The Kier molecular flexibility index (Phi) is 5.43. The van der Waals surface area contributed by atoms with Gasteiger partial charge in [-0.15, -0.1) is 22.7 Å². The molecule has 2 aliphatic rings. The lowest BCUT2D eigenvalue weighted by Gasteiger charge is -2.36. The summed E-state index contributed by atoms with van der Waals surface area (Å²) in [7, 11) is 1.51. The summed E-state index contributed by atoms with van der Waals surface area (Å²) in [4.78, 5) is 43.4. The van der Waals surface area contributed by atoms with Crippen LogP contribution in [0.1, 0.15) is 88.3 Å². The van der Waals surface area contributed by atoms with Gasteiger partial charge in [-0.05, 0) is 29.3 Å². The van der Waals surface area contributed by atoms with Gasteiger partial charge in [0.1, 0.15) is 0 Å². The molecular weight excluding hydrogens is 480 g/mol. The van der Waals surface area contributed by atoms with E-state index in [0.717, 1.165) is 39.4 Å². The second-order valence-electron chi connectivity index (χ2n) is 9.42. The zero-order chi connectivity index (χ0) is 24.4. The molecule has 35 heavy (non-hydrogen) atoms. The van der Waals surface area contributed by atoms with Gasteiger partial charge in [-0.2, -0.15) is 0 Å². The highest BCUT2D eigenvalue weighted by Crippen LogP contribution is 2.50. The monoisotopic (exact) mass is 506 g/mol. The van der Waals surface area contributed by atoms with Crippen LogP contribution in [0.2, 0.25) is 0 Å². The summed E-state index contributed by atoms with van der Waals surface area (Å²) >= 11 is 2.87. The first-order chi connectivity index (χ1) is 17.0. The first-order valence-corrected chi connectivity index (χ1v) is 13.9. The second-order valence-corrected chi connectivity index (χ2v) is 11.3. The van der Waals surface area contributed by atoms with E-state index in [1.807, 2.05) is 22.9 Å². The SMILES string of the molecule is CCCCCCCCN1C(=O)c2c3ccsc3c3c4c(c5ccsc5c(c24)C1O)C(=O)N(C)C3=O. The number of aliphatic hydroxyl groups is 1. The third kappa shape index (κ3) is 3.06. The molecule has 2 aromatic heterocycles. The van der Waals surface area contributed by atoms with Crippen LogP contribution in [0.15, 0.2) is 22.9 Å². The predicted octanol–water partition coefficient (Wildman–Crippen LogP) is 6.30. The van der Waals surface area contributed by atoms with Crippen molar-refractivity contribution in [3.63, 3.8) is 0 Å². The van der Waals surface area contributed by atoms with Crippen LogP contribution in [0.3, 0.4) is 0 Å². The number of fused-ring (bicyclic) bond motifs is 6. The summed E-state index contributed by atoms with van der Waals surface area (Å²) in [5.74, 6) is -0.955. The third-order valence-corrected chi connectivity index (χ3v) is 9.31. The van der Waals surface area contributed by atoms with Gasteiger partial charge in [0.15, 0.2) is 6.23 Å². The van der Waals surface area contributed by atoms with E-state index in [-0.39, 0.29) is 17.7 Å². The van der Waals surface area contributed by atoms with Crippen molar-refractivity contribution in [1.29, 1.82) is 0 Å². The van der Waals surface area contributed by atoms with Gasteiger partial charge < -0.3 is 10.0 Å². The van der Waals surface area contributed by atoms with Gasteiger partial charge in [0, 0.05) is 50.1 Å². The van der Waals surface area contributed by atoms with Gasteiger partial charge in [-0.3, -0.25) is 19.3 Å². The molecule has 2 aliphatic heterocycles. The Labute approximate surface area is 210 Å². The van der Waals surface area contributed by atoms with Crippen LogP contribution in [0, 0.1) is 0 Å². The maximum Gasteiger partial charge on any atom is 0.262 e. The largest absolute Gasteiger partial charge is 0.369 e. The minimum atomic E-state index is -1.12. The van der Waals surface area contributed by atoms with Gasteiger partial charge in [-0.1, -0.05) is 39.0 Å². The van der Waals surface area contributed by atoms with Crippen molar-refractivity contribution in [3.05, 3.63) is 45.1 Å². The molecule has 8 heteroatoms. The lowest BCUT2D eigenvalue weighted by Crippen LogP contribution is -2.41. The molecule has 0 aliphatic carbocycles. The van der Waals surface area contributed by atoms with E-state index in [0.29, 0.717) is 39.6 Å². The molecule has 1 N–H and O–H groups in total. The Hall–Kier alpha value is -2.81. The number of hydrogen-bond acceptors (Lipinski definition) is 6. The zero-order valence-electron chi connectivity index (χ0n) is 19.7. The topological polar surface area (TPSA) is 77.9 Å². The van der Waals surface area contributed by atoms with Crippen LogP contribution < -0.4 is 0 Å². The van der Waals surface area contributed by atoms with Crippen LogP contribution in [-0.2, 0) is 0 Å². The Morgan fingerprint density at radius 2 is 1.40 bits per heavy atom. The maximum atomic E-state index is 13.9. The van der Waals surface area contributed by atoms with Crippen molar-refractivity contribution >= 4 is 71.3 Å². The summed E-state index contributed by atoms with van der Waals surface area (Å²) < 4.78 is 1.53. The Morgan fingerprint density at radius 3 is 2.14 bits per heavy atom. The number of amides is 3. The molecule has 0 radical (unpaired) electrons. The molecule has 0 spiro atoms. The fourth-order valence-electron chi connectivity index (χ4n) is 5.70. The molecule has 6 nitrogen and oxygen atoms in total. The summed E-state index contributed by atoms with van der Waals surface area (Å²) in [5.41, 5.74) is 2.07. The van der Waals surface area contributed by atoms with Crippen molar-refractivity contribution in [3.8, 4) is 0 Å². The number of unbranched alkanes of at least 4 members (excludes halogenated alkanes) is 5. The number of carbonyl (C=O) groups excluding carboxylic acids is 3. The standard InChI is InChI=1S/C27H26N2O4S2/c1-3-4-5-6-7-8-11-29-26(32)17-15-10-13-34-22(15)20-18-16(24(30)28(2)25(20)31)14-9-12-35-23(14)21(19(17)18)27(29)33/h9-10,12-13,27,33H,3-8,11H2,1-2H3. The Balaban J connectivity index is 1.60. The van der Waals surface area contributed by atoms with Crippen LogP contribution in [0.25, 0.3) is 30.9 Å². The summed E-state index contributed by atoms with van der Waals surface area (Å²) in [5, 5.41) is 17.9. The minimum absolute atomic E-state index is 0.228. The summed E-state index contributed by atoms with van der Waals surface area (Å²) in [6.07, 6.45) is 5.41. The molecule has 6 rings (SSSR count). The number of hydrogen-bond donors (Lipinski definition) is 1. The normalized spacial score (nSPS) is 17.6. The maximum absolute atomic E-state index is 13.9. The van der Waals surface area contributed by atoms with E-state index in [1.54, 1.807) is 4.90 Å². The first kappa shape index (κ1) is 22.6. The van der Waals surface area contributed by atoms with Crippen molar-refractivity contribution in [2.24, 2.45) is 0 Å². The number of rotatable bonds is 7. The van der Waals surface area contributed by atoms with E-state index in [2.05, 4.69) is 6.92 Å².